The van der Waals surface area contributed by atoms with Crippen molar-refractivity contribution in [1.29, 1.82) is 0 Å². The molecule has 3 rings (SSSR count). The van der Waals surface area contributed by atoms with E-state index in [-0.39, 0.29) is 24.0 Å². The summed E-state index contributed by atoms with van der Waals surface area (Å²) in [4.78, 5) is 29.9. The highest BCUT2D eigenvalue weighted by atomic mass is 19.1. The third-order valence-corrected chi connectivity index (χ3v) is 5.11. The molecule has 1 aromatic rings. The molecule has 3 amide bonds. The SMILES string of the molecule is CCOC(=O)N1CCC(NC(=O)N2CCN(c3ccc(F)cc3)CC2)CC1. The van der Waals surface area contributed by atoms with Gasteiger partial charge in [-0.1, -0.05) is 0 Å². The summed E-state index contributed by atoms with van der Waals surface area (Å²) in [7, 11) is 0. The van der Waals surface area contributed by atoms with Gasteiger partial charge in [0.1, 0.15) is 5.82 Å². The molecule has 1 aromatic carbocycles. The highest BCUT2D eigenvalue weighted by molar-refractivity contribution is 5.75. The van der Waals surface area contributed by atoms with E-state index < -0.39 is 0 Å². The fourth-order valence-corrected chi connectivity index (χ4v) is 3.51. The smallest absolute Gasteiger partial charge is 0.409 e. The predicted octanol–water partition coefficient (Wildman–Crippen LogP) is 2.28. The number of nitrogens with one attached hydrogen (secondary N) is 1. The summed E-state index contributed by atoms with van der Waals surface area (Å²) >= 11 is 0. The zero-order chi connectivity index (χ0) is 19.2. The van der Waals surface area contributed by atoms with Crippen LogP contribution in [0.4, 0.5) is 19.7 Å². The molecular formula is C19H27FN4O3. The maximum atomic E-state index is 13.0. The first kappa shape index (κ1) is 19.3. The number of halogens is 1. The van der Waals surface area contributed by atoms with Gasteiger partial charge in [-0.15, -0.1) is 0 Å². The highest BCUT2D eigenvalue weighted by Crippen LogP contribution is 2.17. The number of piperidine rings is 1. The number of amides is 3. The predicted molar refractivity (Wildman–Crippen MR) is 100 cm³/mol. The van der Waals surface area contributed by atoms with E-state index in [1.54, 1.807) is 24.0 Å². The van der Waals surface area contributed by atoms with Crippen molar-refractivity contribution >= 4 is 17.8 Å². The molecule has 0 aromatic heterocycles. The lowest BCUT2D eigenvalue weighted by atomic mass is 10.1. The Balaban J connectivity index is 1.41. The maximum absolute atomic E-state index is 13.0. The maximum Gasteiger partial charge on any atom is 0.409 e. The molecule has 7 nitrogen and oxygen atoms in total. The minimum absolute atomic E-state index is 0.0525. The number of anilines is 1. The minimum Gasteiger partial charge on any atom is -0.450 e. The molecule has 2 fully saturated rings. The third-order valence-electron chi connectivity index (χ3n) is 5.11. The van der Waals surface area contributed by atoms with Crippen LogP contribution in [0.25, 0.3) is 0 Å². The van der Waals surface area contributed by atoms with Crippen molar-refractivity contribution in [3.8, 4) is 0 Å². The largest absolute Gasteiger partial charge is 0.450 e. The van der Waals surface area contributed by atoms with Crippen LogP contribution in [0.15, 0.2) is 24.3 Å². The van der Waals surface area contributed by atoms with Crippen LogP contribution in [0.5, 0.6) is 0 Å². The lowest BCUT2D eigenvalue weighted by Gasteiger charge is -2.38. The topological polar surface area (TPSA) is 65.1 Å². The van der Waals surface area contributed by atoms with Crippen molar-refractivity contribution in [1.82, 2.24) is 15.1 Å². The molecule has 0 saturated carbocycles. The number of hydrogen-bond acceptors (Lipinski definition) is 4. The average Bonchev–Trinajstić information content (AvgIpc) is 2.69. The van der Waals surface area contributed by atoms with Crippen LogP contribution in [-0.4, -0.2) is 73.8 Å². The van der Waals surface area contributed by atoms with Crippen LogP contribution >= 0.6 is 0 Å². The lowest BCUT2D eigenvalue weighted by molar-refractivity contribution is 0.0950. The van der Waals surface area contributed by atoms with Gasteiger partial charge in [-0.3, -0.25) is 0 Å². The summed E-state index contributed by atoms with van der Waals surface area (Å²) in [6.07, 6.45) is 1.19. The summed E-state index contributed by atoms with van der Waals surface area (Å²) in [5, 5.41) is 3.08. The molecular weight excluding hydrogens is 351 g/mol. The Hall–Kier alpha value is -2.51. The van der Waals surface area contributed by atoms with Gasteiger partial charge in [-0.25, -0.2) is 14.0 Å². The standard InChI is InChI=1S/C19H27FN4O3/c1-2-27-19(26)24-9-7-16(8-10-24)21-18(25)23-13-11-22(12-14-23)17-5-3-15(20)4-6-17/h3-6,16H,2,7-14H2,1H3,(H,21,25). The molecule has 0 atom stereocenters. The van der Waals surface area contributed by atoms with E-state index in [4.69, 9.17) is 4.74 Å². The number of likely N-dealkylation sites (tertiary alicyclic amines) is 1. The molecule has 148 valence electrons. The molecule has 2 aliphatic rings. The molecule has 0 spiro atoms. The van der Waals surface area contributed by atoms with Gasteiger partial charge < -0.3 is 24.8 Å². The normalized spacial score (nSPS) is 18.4. The van der Waals surface area contributed by atoms with Gasteiger partial charge in [0, 0.05) is 51.0 Å². The van der Waals surface area contributed by atoms with Gasteiger partial charge in [0.25, 0.3) is 0 Å². The van der Waals surface area contributed by atoms with Crippen LogP contribution < -0.4 is 10.2 Å². The zero-order valence-electron chi connectivity index (χ0n) is 15.7. The second kappa shape index (κ2) is 8.92. The van der Waals surface area contributed by atoms with Gasteiger partial charge in [-0.05, 0) is 44.0 Å². The minimum atomic E-state index is -0.279. The molecule has 1 N–H and O–H groups in total. The Morgan fingerprint density at radius 3 is 2.26 bits per heavy atom. The van der Waals surface area contributed by atoms with Crippen molar-refractivity contribution in [2.24, 2.45) is 0 Å². The van der Waals surface area contributed by atoms with Crippen LogP contribution in [0.2, 0.25) is 0 Å². The molecule has 0 radical (unpaired) electrons. The number of carbonyl (C=O) groups is 2. The average molecular weight is 378 g/mol. The molecule has 8 heteroatoms. The Morgan fingerprint density at radius 1 is 1.04 bits per heavy atom. The summed E-state index contributed by atoms with van der Waals surface area (Å²) in [5.41, 5.74) is 0.975. The second-order valence-electron chi connectivity index (χ2n) is 6.86. The number of benzene rings is 1. The van der Waals surface area contributed by atoms with E-state index in [1.165, 1.54) is 12.1 Å². The molecule has 0 aliphatic carbocycles. The third kappa shape index (κ3) is 5.02. The summed E-state index contributed by atoms with van der Waals surface area (Å²) < 4.78 is 18.1. The zero-order valence-corrected chi connectivity index (χ0v) is 15.7. The first-order valence-electron chi connectivity index (χ1n) is 9.54. The van der Waals surface area contributed by atoms with Crippen LogP contribution in [0.3, 0.4) is 0 Å². The van der Waals surface area contributed by atoms with E-state index in [0.29, 0.717) is 32.8 Å². The Kier molecular flexibility index (Phi) is 6.36. The van der Waals surface area contributed by atoms with Gasteiger partial charge in [0.2, 0.25) is 0 Å². The van der Waals surface area contributed by atoms with Crippen LogP contribution in [0.1, 0.15) is 19.8 Å². The molecule has 0 unspecified atom stereocenters. The first-order valence-corrected chi connectivity index (χ1v) is 9.54. The van der Waals surface area contributed by atoms with Crippen LogP contribution in [-0.2, 0) is 4.74 Å². The molecule has 2 heterocycles. The van der Waals surface area contributed by atoms with E-state index in [0.717, 1.165) is 31.6 Å². The monoisotopic (exact) mass is 378 g/mol. The van der Waals surface area contributed by atoms with E-state index in [1.807, 2.05) is 4.90 Å². The number of urea groups is 1. The van der Waals surface area contributed by atoms with Crippen molar-refractivity contribution in [3.63, 3.8) is 0 Å². The highest BCUT2D eigenvalue weighted by Gasteiger charge is 2.27. The number of piperazine rings is 1. The van der Waals surface area contributed by atoms with Crippen molar-refractivity contribution in [2.75, 3.05) is 50.8 Å². The first-order chi connectivity index (χ1) is 13.1. The Morgan fingerprint density at radius 2 is 1.67 bits per heavy atom. The quantitative estimate of drug-likeness (QED) is 0.876. The Labute approximate surface area is 159 Å². The summed E-state index contributed by atoms with van der Waals surface area (Å²) in [6, 6.07) is 6.47. The fraction of sp³-hybridized carbons (Fsp3) is 0.579. The molecule has 2 saturated heterocycles. The van der Waals surface area contributed by atoms with Gasteiger partial charge >= 0.3 is 12.1 Å². The van der Waals surface area contributed by atoms with Gasteiger partial charge in [0.15, 0.2) is 0 Å². The van der Waals surface area contributed by atoms with E-state index in [2.05, 4.69) is 10.2 Å². The molecule has 0 bridgehead atoms. The van der Waals surface area contributed by atoms with E-state index >= 15 is 0 Å². The number of ether oxygens (including phenoxy) is 1. The second-order valence-corrected chi connectivity index (χ2v) is 6.86. The van der Waals surface area contributed by atoms with Crippen molar-refractivity contribution < 1.29 is 18.7 Å². The Bertz CT molecular complexity index is 639. The molecule has 2 aliphatic heterocycles. The number of carbonyl (C=O) groups excluding carboxylic acids is 2. The van der Waals surface area contributed by atoms with E-state index in [9.17, 15) is 14.0 Å². The lowest BCUT2D eigenvalue weighted by Crippen LogP contribution is -2.55. The number of rotatable bonds is 3. The van der Waals surface area contributed by atoms with Crippen molar-refractivity contribution in [2.45, 2.75) is 25.8 Å². The van der Waals surface area contributed by atoms with Gasteiger partial charge in [0.05, 0.1) is 6.61 Å². The number of nitrogens with zero attached hydrogens (tertiary/aromatic N) is 3. The number of hydrogen-bond donors (Lipinski definition) is 1. The van der Waals surface area contributed by atoms with Crippen molar-refractivity contribution in [3.05, 3.63) is 30.1 Å². The molecule has 27 heavy (non-hydrogen) atoms. The summed E-state index contributed by atoms with van der Waals surface area (Å²) in [6.45, 7) is 6.07. The van der Waals surface area contributed by atoms with Gasteiger partial charge in [-0.2, -0.15) is 0 Å². The fourth-order valence-electron chi connectivity index (χ4n) is 3.51. The summed E-state index contributed by atoms with van der Waals surface area (Å²) in [5.74, 6) is -0.245. The van der Waals surface area contributed by atoms with Crippen LogP contribution in [0, 0.1) is 5.82 Å².